The van der Waals surface area contributed by atoms with Crippen LogP contribution >= 0.6 is 0 Å². The predicted molar refractivity (Wildman–Crippen MR) is 116 cm³/mol. The number of benzene rings is 3. The van der Waals surface area contributed by atoms with Gasteiger partial charge in [-0.2, -0.15) is 0 Å². The van der Waals surface area contributed by atoms with Crippen LogP contribution in [0.3, 0.4) is 0 Å². The van der Waals surface area contributed by atoms with Crippen molar-refractivity contribution in [3.05, 3.63) is 111 Å². The maximum absolute atomic E-state index is 11.4. The van der Waals surface area contributed by atoms with Gasteiger partial charge in [-0.15, -0.1) is 0 Å². The Hall–Kier alpha value is -3.84. The Morgan fingerprint density at radius 3 is 2.53 bits per heavy atom. The molecule has 0 spiro atoms. The van der Waals surface area contributed by atoms with Gasteiger partial charge < -0.3 is 19.3 Å². The zero-order valence-corrected chi connectivity index (χ0v) is 17.1. The Morgan fingerprint density at radius 2 is 1.81 bits per heavy atom. The molecule has 1 aliphatic heterocycles. The predicted octanol–water partition coefficient (Wildman–Crippen LogP) is 5.41. The zero-order valence-electron chi connectivity index (χ0n) is 17.1. The average molecular weight is 431 g/mol. The fourth-order valence-electron chi connectivity index (χ4n) is 3.57. The van der Waals surface area contributed by atoms with Gasteiger partial charge in [-0.1, -0.05) is 53.6 Å². The van der Waals surface area contributed by atoms with Crippen LogP contribution in [0.25, 0.3) is 10.4 Å². The largest absolute Gasteiger partial charge is 0.489 e. The molecule has 0 saturated carbocycles. The molecule has 8 heteroatoms. The number of nitrogens with zero attached hydrogens (tertiary/aromatic N) is 3. The minimum atomic E-state index is -1.02. The van der Waals surface area contributed by atoms with Crippen LogP contribution in [0.5, 0.6) is 5.75 Å². The van der Waals surface area contributed by atoms with Crippen LogP contribution in [0.15, 0.2) is 77.9 Å². The minimum absolute atomic E-state index is 0.157. The van der Waals surface area contributed by atoms with E-state index < -0.39 is 18.3 Å². The first kappa shape index (κ1) is 21.4. The van der Waals surface area contributed by atoms with Crippen LogP contribution < -0.4 is 4.74 Å². The lowest BCUT2D eigenvalue weighted by Gasteiger charge is -2.17. The van der Waals surface area contributed by atoms with Crippen molar-refractivity contribution in [2.45, 2.75) is 18.9 Å². The molecule has 1 heterocycles. The highest BCUT2D eigenvalue weighted by Gasteiger charge is 2.23. The van der Waals surface area contributed by atoms with Gasteiger partial charge in [-0.3, -0.25) is 0 Å². The highest BCUT2D eigenvalue weighted by atomic mass is 16.7. The number of rotatable bonds is 8. The van der Waals surface area contributed by atoms with Crippen molar-refractivity contribution in [1.29, 1.82) is 0 Å². The molecule has 162 valence electrons. The van der Waals surface area contributed by atoms with Gasteiger partial charge in [-0.05, 0) is 46.5 Å². The molecule has 0 aliphatic carbocycles. The summed E-state index contributed by atoms with van der Waals surface area (Å²) in [7, 11) is 0. The van der Waals surface area contributed by atoms with E-state index in [0.717, 1.165) is 16.7 Å². The molecule has 1 fully saturated rings. The van der Waals surface area contributed by atoms with Gasteiger partial charge in [0.25, 0.3) is 0 Å². The molecule has 0 aromatic heterocycles. The van der Waals surface area contributed by atoms with Crippen molar-refractivity contribution >= 4 is 5.97 Å². The van der Waals surface area contributed by atoms with Crippen molar-refractivity contribution in [3.8, 4) is 5.75 Å². The monoisotopic (exact) mass is 431 g/mol. The molecule has 4 rings (SSSR count). The summed E-state index contributed by atoms with van der Waals surface area (Å²) in [6.07, 6.45) is -0.619. The van der Waals surface area contributed by atoms with Crippen molar-refractivity contribution in [2.24, 2.45) is 5.11 Å². The van der Waals surface area contributed by atoms with Crippen LogP contribution in [-0.4, -0.2) is 24.3 Å². The molecule has 1 unspecified atom stereocenters. The second kappa shape index (κ2) is 9.98. The molecule has 0 amide bonds. The van der Waals surface area contributed by atoms with E-state index in [1.54, 1.807) is 12.1 Å². The molecule has 1 atom stereocenters. The maximum atomic E-state index is 11.4. The Balaban J connectivity index is 1.57. The van der Waals surface area contributed by atoms with E-state index in [1.165, 1.54) is 6.07 Å². The molecule has 32 heavy (non-hydrogen) atoms. The highest BCUT2D eigenvalue weighted by Crippen LogP contribution is 2.31. The third-order valence-corrected chi connectivity index (χ3v) is 5.12. The van der Waals surface area contributed by atoms with Crippen LogP contribution in [0.4, 0.5) is 0 Å². The summed E-state index contributed by atoms with van der Waals surface area (Å²) in [6.45, 7) is 1.09. The van der Waals surface area contributed by atoms with Crippen molar-refractivity contribution in [1.82, 2.24) is 0 Å². The molecule has 0 radical (unpaired) electrons. The zero-order chi connectivity index (χ0) is 22.3. The Labute approximate surface area is 184 Å². The first-order chi connectivity index (χ1) is 15.7. The Bertz CT molecular complexity index is 1140. The lowest BCUT2D eigenvalue weighted by atomic mass is 9.99. The fourth-order valence-corrected chi connectivity index (χ4v) is 3.57. The number of hydrogen-bond acceptors (Lipinski definition) is 5. The van der Waals surface area contributed by atoms with Gasteiger partial charge in [0.15, 0.2) is 6.29 Å². The second-order valence-corrected chi connectivity index (χ2v) is 7.17. The summed E-state index contributed by atoms with van der Waals surface area (Å²) in [5, 5.41) is 13.3. The average Bonchev–Trinajstić information content (AvgIpc) is 3.37. The lowest BCUT2D eigenvalue weighted by Crippen LogP contribution is -2.09. The van der Waals surface area contributed by atoms with Gasteiger partial charge in [0, 0.05) is 10.5 Å². The third kappa shape index (κ3) is 4.90. The molecule has 8 nitrogen and oxygen atoms in total. The van der Waals surface area contributed by atoms with Crippen LogP contribution in [-0.2, 0) is 16.1 Å². The first-order valence-corrected chi connectivity index (χ1v) is 10.1. The Morgan fingerprint density at radius 1 is 1.06 bits per heavy atom. The SMILES string of the molecule is [N-]=[N+]=NC(c1ccccc1)c1cccc(OCc2ccc(C(=O)O)cc2C2OCCO2)c1. The van der Waals surface area contributed by atoms with E-state index in [1.807, 2.05) is 54.6 Å². The van der Waals surface area contributed by atoms with Crippen molar-refractivity contribution < 1.29 is 24.1 Å². The number of hydrogen-bond donors (Lipinski definition) is 1. The number of carboxylic acid groups (broad SMARTS) is 1. The number of carbonyl (C=O) groups is 1. The van der Waals surface area contributed by atoms with Crippen LogP contribution in [0.2, 0.25) is 0 Å². The van der Waals surface area contributed by atoms with E-state index in [-0.39, 0.29) is 12.2 Å². The van der Waals surface area contributed by atoms with E-state index >= 15 is 0 Å². The standard InChI is InChI=1S/C24H21N3O5/c25-27-26-22(16-5-2-1-3-6-16)17-7-4-8-20(13-17)32-15-19-10-9-18(23(28)29)14-21(19)24-30-11-12-31-24/h1-10,13-14,22,24H,11-12,15H2,(H,28,29). The smallest absolute Gasteiger partial charge is 0.335 e. The summed E-state index contributed by atoms with van der Waals surface area (Å²) in [5.74, 6) is -0.424. The van der Waals surface area contributed by atoms with Gasteiger partial charge in [0.2, 0.25) is 0 Å². The van der Waals surface area contributed by atoms with Gasteiger partial charge in [0.05, 0.1) is 24.8 Å². The van der Waals surface area contributed by atoms with Crippen molar-refractivity contribution in [3.63, 3.8) is 0 Å². The van der Waals surface area contributed by atoms with Crippen LogP contribution in [0, 0.1) is 0 Å². The first-order valence-electron chi connectivity index (χ1n) is 10.1. The number of carboxylic acids is 1. The number of ether oxygens (including phenoxy) is 3. The summed E-state index contributed by atoms with van der Waals surface area (Å²) >= 11 is 0. The van der Waals surface area contributed by atoms with E-state index in [0.29, 0.717) is 24.5 Å². The minimum Gasteiger partial charge on any atom is -0.489 e. The Kier molecular flexibility index (Phi) is 6.67. The molecule has 1 aliphatic rings. The van der Waals surface area contributed by atoms with Gasteiger partial charge in [0.1, 0.15) is 12.4 Å². The van der Waals surface area contributed by atoms with Gasteiger partial charge in [-0.25, -0.2) is 4.79 Å². The van der Waals surface area contributed by atoms with Crippen LogP contribution in [0.1, 0.15) is 44.9 Å². The molecule has 3 aromatic rings. The molecule has 0 bridgehead atoms. The molecule has 1 saturated heterocycles. The summed E-state index contributed by atoms with van der Waals surface area (Å²) in [6, 6.07) is 21.2. The van der Waals surface area contributed by atoms with E-state index in [4.69, 9.17) is 19.7 Å². The topological polar surface area (TPSA) is 114 Å². The molecular formula is C24H21N3O5. The lowest BCUT2D eigenvalue weighted by molar-refractivity contribution is -0.0452. The summed E-state index contributed by atoms with van der Waals surface area (Å²) < 4.78 is 17.2. The van der Waals surface area contributed by atoms with E-state index in [9.17, 15) is 9.90 Å². The number of aromatic carboxylic acids is 1. The molecular weight excluding hydrogens is 410 g/mol. The maximum Gasteiger partial charge on any atom is 0.335 e. The fraction of sp³-hybridized carbons (Fsp3) is 0.208. The quantitative estimate of drug-likeness (QED) is 0.291. The summed E-state index contributed by atoms with van der Waals surface area (Å²) in [5.41, 5.74) is 12.3. The normalized spacial score (nSPS) is 14.5. The van der Waals surface area contributed by atoms with Gasteiger partial charge >= 0.3 is 5.97 Å². The van der Waals surface area contributed by atoms with Crippen molar-refractivity contribution in [2.75, 3.05) is 13.2 Å². The molecule has 3 aromatic carbocycles. The second-order valence-electron chi connectivity index (χ2n) is 7.17. The highest BCUT2D eigenvalue weighted by molar-refractivity contribution is 5.87. The van der Waals surface area contributed by atoms with E-state index in [2.05, 4.69) is 10.0 Å². The number of azide groups is 1. The third-order valence-electron chi connectivity index (χ3n) is 5.12. The summed E-state index contributed by atoms with van der Waals surface area (Å²) in [4.78, 5) is 14.4. The molecule has 1 N–H and O–H groups in total.